The summed E-state index contributed by atoms with van der Waals surface area (Å²) in [7, 11) is 0. The summed E-state index contributed by atoms with van der Waals surface area (Å²) in [5.41, 5.74) is 0.705. The molecular formula is C26H29ClF3NO3. The lowest BCUT2D eigenvalue weighted by Gasteiger charge is -2.21. The second-order valence-electron chi connectivity index (χ2n) is 9.12. The van der Waals surface area contributed by atoms with Crippen LogP contribution in [0.1, 0.15) is 63.6 Å². The van der Waals surface area contributed by atoms with Crippen molar-refractivity contribution in [3.05, 3.63) is 57.9 Å². The maximum atomic E-state index is 13.3. The van der Waals surface area contributed by atoms with Crippen molar-refractivity contribution < 1.29 is 27.8 Å². The van der Waals surface area contributed by atoms with Crippen molar-refractivity contribution in [2.45, 2.75) is 59.6 Å². The summed E-state index contributed by atoms with van der Waals surface area (Å²) in [6.45, 7) is 7.97. The van der Waals surface area contributed by atoms with Gasteiger partial charge in [-0.3, -0.25) is 4.79 Å². The first-order valence-electron chi connectivity index (χ1n) is 11.4. The van der Waals surface area contributed by atoms with Gasteiger partial charge < -0.3 is 9.84 Å². The molecule has 1 unspecified atom stereocenters. The normalized spacial score (nSPS) is 24.4. The minimum Gasteiger partial charge on any atom is -0.511 e. The molecule has 1 aliphatic rings. The van der Waals surface area contributed by atoms with Crippen LogP contribution in [0.15, 0.2) is 36.2 Å². The Balaban J connectivity index is 2.06. The Morgan fingerprint density at radius 1 is 1.18 bits per heavy atom. The summed E-state index contributed by atoms with van der Waals surface area (Å²) in [4.78, 5) is 17.0. The lowest BCUT2D eigenvalue weighted by atomic mass is 9.85. The summed E-state index contributed by atoms with van der Waals surface area (Å²) >= 11 is 6.00. The lowest BCUT2D eigenvalue weighted by Crippen LogP contribution is -2.15. The number of aliphatic hydroxyl groups is 1. The van der Waals surface area contributed by atoms with Crippen LogP contribution in [0.2, 0.25) is 5.02 Å². The molecule has 1 N–H and O–H groups in total. The summed E-state index contributed by atoms with van der Waals surface area (Å²) < 4.78 is 44.5. The first-order valence-corrected chi connectivity index (χ1v) is 11.8. The highest BCUT2D eigenvalue weighted by Gasteiger charge is 2.32. The summed E-state index contributed by atoms with van der Waals surface area (Å²) in [5, 5.41) is 10.9. The zero-order chi connectivity index (χ0) is 25.2. The van der Waals surface area contributed by atoms with Crippen LogP contribution in [0, 0.1) is 17.8 Å². The molecule has 8 heteroatoms. The van der Waals surface area contributed by atoms with E-state index in [1.165, 1.54) is 0 Å². The fourth-order valence-corrected chi connectivity index (χ4v) is 4.38. The largest absolute Gasteiger partial charge is 0.511 e. The number of benzene rings is 1. The molecule has 3 atom stereocenters. The summed E-state index contributed by atoms with van der Waals surface area (Å²) in [6.07, 6.45) is -1.17. The van der Waals surface area contributed by atoms with Crippen LogP contribution >= 0.6 is 11.6 Å². The summed E-state index contributed by atoms with van der Waals surface area (Å²) in [5.74, 6) is 0.172. The van der Waals surface area contributed by atoms with E-state index in [-0.39, 0.29) is 51.5 Å². The number of carbonyl (C=O) groups is 1. The lowest BCUT2D eigenvalue weighted by molar-refractivity contribution is -0.137. The van der Waals surface area contributed by atoms with Gasteiger partial charge in [-0.1, -0.05) is 45.4 Å². The minimum atomic E-state index is -4.57. The van der Waals surface area contributed by atoms with E-state index in [1.54, 1.807) is 18.2 Å². The Bertz CT molecular complexity index is 1100. The fourth-order valence-electron chi connectivity index (χ4n) is 4.17. The van der Waals surface area contributed by atoms with Crippen molar-refractivity contribution in [3.63, 3.8) is 0 Å². The smallest absolute Gasteiger partial charge is 0.417 e. The average molecular weight is 496 g/mol. The molecule has 0 amide bonds. The number of nitrogens with zero attached hydrogens (tertiary/aromatic N) is 1. The highest BCUT2D eigenvalue weighted by molar-refractivity contribution is 6.31. The number of aryl methyl sites for hydroxylation is 1. The van der Waals surface area contributed by atoms with Gasteiger partial charge in [0.05, 0.1) is 11.1 Å². The van der Waals surface area contributed by atoms with E-state index in [0.29, 0.717) is 24.6 Å². The molecule has 1 heterocycles. The SMILES string of the molecule is CCc1ccc(Oc2ncc(C(F)(F)F)cc2Cl)cc1/C1=C(\O)C(C)[C@@H](C)CC[C@@H](C)CC1=O. The van der Waals surface area contributed by atoms with Crippen LogP contribution in [0.25, 0.3) is 5.57 Å². The highest BCUT2D eigenvalue weighted by Crippen LogP contribution is 2.39. The van der Waals surface area contributed by atoms with E-state index < -0.39 is 11.7 Å². The molecule has 0 radical (unpaired) electrons. The molecular weight excluding hydrogens is 467 g/mol. The number of alkyl halides is 3. The predicted molar refractivity (Wildman–Crippen MR) is 126 cm³/mol. The average Bonchev–Trinajstić information content (AvgIpc) is 2.80. The monoisotopic (exact) mass is 495 g/mol. The van der Waals surface area contributed by atoms with Crippen molar-refractivity contribution in [1.82, 2.24) is 4.98 Å². The zero-order valence-electron chi connectivity index (χ0n) is 19.7. The number of aromatic nitrogens is 1. The molecule has 0 saturated carbocycles. The van der Waals surface area contributed by atoms with E-state index in [4.69, 9.17) is 16.3 Å². The molecule has 0 fully saturated rings. The molecule has 0 bridgehead atoms. The second kappa shape index (κ2) is 10.4. The molecule has 34 heavy (non-hydrogen) atoms. The summed E-state index contributed by atoms with van der Waals surface area (Å²) in [6, 6.07) is 5.80. The van der Waals surface area contributed by atoms with Crippen LogP contribution in [0.4, 0.5) is 13.2 Å². The number of ether oxygens (including phenoxy) is 1. The number of hydrogen-bond donors (Lipinski definition) is 1. The number of aliphatic hydroxyl groups excluding tert-OH is 1. The molecule has 0 saturated heterocycles. The van der Waals surface area contributed by atoms with Gasteiger partial charge in [0.15, 0.2) is 5.78 Å². The van der Waals surface area contributed by atoms with Crippen molar-refractivity contribution >= 4 is 23.0 Å². The van der Waals surface area contributed by atoms with Crippen molar-refractivity contribution in [2.24, 2.45) is 17.8 Å². The third kappa shape index (κ3) is 5.74. The molecule has 1 aromatic carbocycles. The Labute approximate surface area is 202 Å². The second-order valence-corrected chi connectivity index (χ2v) is 9.53. The molecule has 0 aliphatic heterocycles. The van der Waals surface area contributed by atoms with Gasteiger partial charge in [-0.05, 0) is 60.4 Å². The van der Waals surface area contributed by atoms with Crippen LogP contribution < -0.4 is 4.74 Å². The van der Waals surface area contributed by atoms with Gasteiger partial charge in [-0.15, -0.1) is 0 Å². The standard InChI is InChI=1S/C26H29ClF3NO3/c1-5-17-8-9-19(34-25-21(27)11-18(13-31-25)26(28,29)30)12-20(17)23-22(32)10-14(2)6-7-15(3)16(4)24(23)33/h8-9,11-16,33H,5-7,10H2,1-4H3/b24-23+/t14-,15+,16?/m1/s1. The van der Waals surface area contributed by atoms with Crippen molar-refractivity contribution in [3.8, 4) is 11.6 Å². The zero-order valence-corrected chi connectivity index (χ0v) is 20.4. The molecule has 4 nitrogen and oxygen atoms in total. The predicted octanol–water partition coefficient (Wildman–Crippen LogP) is 8.04. The van der Waals surface area contributed by atoms with E-state index in [9.17, 15) is 23.1 Å². The van der Waals surface area contributed by atoms with Crippen molar-refractivity contribution in [1.29, 1.82) is 0 Å². The van der Waals surface area contributed by atoms with Crippen LogP contribution in [-0.2, 0) is 17.4 Å². The number of pyridine rings is 1. The maximum Gasteiger partial charge on any atom is 0.417 e. The molecule has 1 aliphatic carbocycles. The Kier molecular flexibility index (Phi) is 7.96. The first-order chi connectivity index (χ1) is 15.9. The van der Waals surface area contributed by atoms with E-state index in [2.05, 4.69) is 11.9 Å². The Morgan fingerprint density at radius 3 is 2.50 bits per heavy atom. The van der Waals surface area contributed by atoms with Crippen molar-refractivity contribution in [2.75, 3.05) is 0 Å². The number of hydrogen-bond acceptors (Lipinski definition) is 4. The topological polar surface area (TPSA) is 59.4 Å². The van der Waals surface area contributed by atoms with E-state index in [0.717, 1.165) is 24.5 Å². The number of ketones is 1. The highest BCUT2D eigenvalue weighted by atomic mass is 35.5. The van der Waals surface area contributed by atoms with Gasteiger partial charge >= 0.3 is 6.18 Å². The number of Topliss-reactive ketones (excluding diaryl/α,β-unsaturated/α-hetero) is 1. The molecule has 184 valence electrons. The third-order valence-electron chi connectivity index (χ3n) is 6.55. The number of carbonyl (C=O) groups excluding carboxylic acids is 1. The molecule has 1 aromatic heterocycles. The van der Waals surface area contributed by atoms with Crippen LogP contribution in [0.3, 0.4) is 0 Å². The molecule has 2 aromatic rings. The Hall–Kier alpha value is -2.54. The quantitative estimate of drug-likeness (QED) is 0.466. The third-order valence-corrected chi connectivity index (χ3v) is 6.82. The minimum absolute atomic E-state index is 0.0594. The van der Waals surface area contributed by atoms with Gasteiger partial charge in [0, 0.05) is 18.5 Å². The fraction of sp³-hybridized carbons (Fsp3) is 0.462. The molecule has 0 spiro atoms. The number of allylic oxidation sites excluding steroid dienone is 2. The van der Waals surface area contributed by atoms with E-state index in [1.807, 2.05) is 20.8 Å². The van der Waals surface area contributed by atoms with Gasteiger partial charge in [-0.25, -0.2) is 4.98 Å². The number of rotatable bonds is 4. The van der Waals surface area contributed by atoms with Gasteiger partial charge in [-0.2, -0.15) is 13.2 Å². The van der Waals surface area contributed by atoms with Crippen LogP contribution in [-0.4, -0.2) is 15.9 Å². The first kappa shape index (κ1) is 26.1. The van der Waals surface area contributed by atoms with Gasteiger partial charge in [0.2, 0.25) is 5.88 Å². The van der Waals surface area contributed by atoms with E-state index >= 15 is 0 Å². The number of halogens is 4. The maximum absolute atomic E-state index is 13.3. The van der Waals surface area contributed by atoms with Crippen LogP contribution in [0.5, 0.6) is 11.6 Å². The Morgan fingerprint density at radius 2 is 1.88 bits per heavy atom. The molecule has 3 rings (SSSR count). The van der Waals surface area contributed by atoms with Gasteiger partial charge in [0.1, 0.15) is 16.5 Å². The van der Waals surface area contributed by atoms with Gasteiger partial charge in [0.25, 0.3) is 0 Å².